The molecule has 4 bridgehead atoms. The van der Waals surface area contributed by atoms with Gasteiger partial charge in [0.15, 0.2) is 6.61 Å². The molecular weight excluding hydrogens is 332 g/mol. The molecular formula is C17H23ClN2O4. The van der Waals surface area contributed by atoms with Crippen LogP contribution in [-0.4, -0.2) is 35.4 Å². The van der Waals surface area contributed by atoms with Crippen LogP contribution in [0, 0.1) is 17.3 Å². The van der Waals surface area contributed by atoms with Crippen LogP contribution in [0.25, 0.3) is 0 Å². The summed E-state index contributed by atoms with van der Waals surface area (Å²) in [6.07, 6.45) is 7.32. The highest BCUT2D eigenvalue weighted by atomic mass is 35.5. The van der Waals surface area contributed by atoms with E-state index in [0.717, 1.165) is 44.9 Å². The smallest absolute Gasteiger partial charge is 0.321 e. The zero-order valence-corrected chi connectivity index (χ0v) is 14.4. The van der Waals surface area contributed by atoms with E-state index in [2.05, 4.69) is 10.6 Å². The number of esters is 1. The first-order chi connectivity index (χ1) is 11.4. The molecule has 0 saturated heterocycles. The van der Waals surface area contributed by atoms with Crippen molar-refractivity contribution in [2.45, 2.75) is 62.3 Å². The minimum atomic E-state index is -0.591. The second-order valence-electron chi connectivity index (χ2n) is 8.26. The van der Waals surface area contributed by atoms with Gasteiger partial charge in [0.2, 0.25) is 0 Å². The predicted molar refractivity (Wildman–Crippen MR) is 86.4 cm³/mol. The van der Waals surface area contributed by atoms with E-state index in [-0.39, 0.29) is 16.9 Å². The molecule has 0 radical (unpaired) electrons. The van der Waals surface area contributed by atoms with Crippen LogP contribution in [0.15, 0.2) is 0 Å². The molecule has 4 atom stereocenters. The Kier molecular flexibility index (Phi) is 3.79. The van der Waals surface area contributed by atoms with Gasteiger partial charge in [0.25, 0.3) is 5.91 Å². The van der Waals surface area contributed by atoms with Gasteiger partial charge >= 0.3 is 12.0 Å². The van der Waals surface area contributed by atoms with E-state index in [0.29, 0.717) is 18.3 Å². The van der Waals surface area contributed by atoms with Gasteiger partial charge in [0, 0.05) is 10.9 Å². The molecule has 0 heterocycles. The highest BCUT2D eigenvalue weighted by Crippen LogP contribution is 2.64. The van der Waals surface area contributed by atoms with E-state index in [4.69, 9.17) is 16.3 Å². The second-order valence-corrected chi connectivity index (χ2v) is 9.07. The van der Waals surface area contributed by atoms with E-state index in [9.17, 15) is 14.4 Å². The molecule has 132 valence electrons. The molecule has 0 aliphatic heterocycles. The van der Waals surface area contributed by atoms with Gasteiger partial charge in [-0.1, -0.05) is 0 Å². The summed E-state index contributed by atoms with van der Waals surface area (Å²) in [5.74, 6) is 0.0788. The third-order valence-corrected chi connectivity index (χ3v) is 6.36. The number of ether oxygens (including phenoxy) is 1. The molecule has 0 aromatic rings. The second kappa shape index (κ2) is 5.61. The number of urea groups is 1. The summed E-state index contributed by atoms with van der Waals surface area (Å²) >= 11 is 6.71. The minimum absolute atomic E-state index is 0.173. The van der Waals surface area contributed by atoms with Crippen molar-refractivity contribution in [3.63, 3.8) is 0 Å². The molecule has 0 spiro atoms. The first-order valence-electron chi connectivity index (χ1n) is 8.82. The van der Waals surface area contributed by atoms with Crippen LogP contribution < -0.4 is 10.6 Å². The van der Waals surface area contributed by atoms with Crippen LogP contribution in [0.4, 0.5) is 4.79 Å². The Labute approximate surface area is 146 Å². The van der Waals surface area contributed by atoms with Crippen LogP contribution in [0.1, 0.15) is 51.4 Å². The monoisotopic (exact) mass is 354 g/mol. The van der Waals surface area contributed by atoms with Crippen molar-refractivity contribution in [2.75, 3.05) is 6.61 Å². The molecule has 2 unspecified atom stereocenters. The molecule has 2 N–H and O–H groups in total. The van der Waals surface area contributed by atoms with Crippen molar-refractivity contribution >= 4 is 29.5 Å². The van der Waals surface area contributed by atoms with Gasteiger partial charge in [0.05, 0.1) is 5.41 Å². The molecule has 24 heavy (non-hydrogen) atoms. The van der Waals surface area contributed by atoms with E-state index < -0.39 is 24.0 Å². The quantitative estimate of drug-likeness (QED) is 0.598. The van der Waals surface area contributed by atoms with Crippen molar-refractivity contribution in [1.82, 2.24) is 10.6 Å². The maximum atomic E-state index is 12.7. The van der Waals surface area contributed by atoms with E-state index >= 15 is 0 Å². The fourth-order valence-electron chi connectivity index (χ4n) is 5.29. The van der Waals surface area contributed by atoms with Gasteiger partial charge in [-0.05, 0) is 63.2 Å². The van der Waals surface area contributed by atoms with Crippen LogP contribution in [0.5, 0.6) is 0 Å². The summed E-state index contributed by atoms with van der Waals surface area (Å²) in [5, 5.41) is 4.85. The molecule has 5 saturated carbocycles. The molecule has 5 aliphatic carbocycles. The first-order valence-corrected chi connectivity index (χ1v) is 9.20. The third-order valence-electron chi connectivity index (χ3n) is 5.92. The van der Waals surface area contributed by atoms with Gasteiger partial charge in [-0.2, -0.15) is 0 Å². The van der Waals surface area contributed by atoms with Crippen LogP contribution in [0.2, 0.25) is 0 Å². The number of rotatable bonds is 4. The molecule has 3 amide bonds. The number of carbonyl (C=O) groups is 3. The van der Waals surface area contributed by atoms with E-state index in [1.165, 1.54) is 0 Å². The van der Waals surface area contributed by atoms with Crippen molar-refractivity contribution in [3.8, 4) is 0 Å². The predicted octanol–water partition coefficient (Wildman–Crippen LogP) is 2.10. The third kappa shape index (κ3) is 3.13. The fourth-order valence-corrected chi connectivity index (χ4v) is 5.98. The number of hydrogen-bond donors (Lipinski definition) is 2. The van der Waals surface area contributed by atoms with E-state index in [1.54, 1.807) is 0 Å². The standard InChI is InChI=1S/C17H23ClN2O4/c18-17-6-10-3-11(7-17)5-16(4-10,9-17)14(22)24-8-13(21)20-15(23)19-12-1-2-12/h10-12H,1-9H2,(H2,19,20,21,23)/t10-,11+,16?,17?. The van der Waals surface area contributed by atoms with Gasteiger partial charge in [0.1, 0.15) is 0 Å². The lowest BCUT2D eigenvalue weighted by molar-refractivity contribution is -0.171. The molecule has 0 aromatic carbocycles. The molecule has 7 heteroatoms. The van der Waals surface area contributed by atoms with Crippen LogP contribution in [0.3, 0.4) is 0 Å². The maximum Gasteiger partial charge on any atom is 0.321 e. The fraction of sp³-hybridized carbons (Fsp3) is 0.824. The van der Waals surface area contributed by atoms with Crippen molar-refractivity contribution in [3.05, 3.63) is 0 Å². The SMILES string of the molecule is O=C(COC(=O)C12C[C@@H]3C[C@@H](CC(Cl)(C3)C1)C2)NC(=O)NC1CC1. The number of carbonyl (C=O) groups excluding carboxylic acids is 3. The topological polar surface area (TPSA) is 84.5 Å². The highest BCUT2D eigenvalue weighted by Gasteiger charge is 2.60. The summed E-state index contributed by atoms with van der Waals surface area (Å²) in [6, 6.07) is -0.347. The lowest BCUT2D eigenvalue weighted by Crippen LogP contribution is -2.56. The average Bonchev–Trinajstić information content (AvgIpc) is 3.25. The maximum absolute atomic E-state index is 12.7. The summed E-state index contributed by atoms with van der Waals surface area (Å²) in [4.78, 5) is 35.7. The lowest BCUT2D eigenvalue weighted by Gasteiger charge is -2.58. The molecule has 5 aliphatic rings. The summed E-state index contributed by atoms with van der Waals surface area (Å²) in [7, 11) is 0. The van der Waals surface area contributed by atoms with Gasteiger partial charge in [-0.3, -0.25) is 14.9 Å². The Hall–Kier alpha value is -1.30. The molecule has 0 aromatic heterocycles. The largest absolute Gasteiger partial charge is 0.455 e. The number of alkyl halides is 1. The average molecular weight is 355 g/mol. The number of hydrogen-bond acceptors (Lipinski definition) is 4. The van der Waals surface area contributed by atoms with Crippen LogP contribution >= 0.6 is 11.6 Å². The molecule has 5 fully saturated rings. The zero-order chi connectivity index (χ0) is 16.9. The number of nitrogens with one attached hydrogen (secondary N) is 2. The normalized spacial score (nSPS) is 39.4. The molecule has 5 rings (SSSR count). The number of halogens is 1. The Morgan fingerprint density at radius 3 is 2.33 bits per heavy atom. The Balaban J connectivity index is 1.31. The Bertz CT molecular complexity index is 575. The highest BCUT2D eigenvalue weighted by molar-refractivity contribution is 6.24. The summed E-state index contributed by atoms with van der Waals surface area (Å²) < 4.78 is 5.27. The van der Waals surface area contributed by atoms with Crippen molar-refractivity contribution < 1.29 is 19.1 Å². The zero-order valence-electron chi connectivity index (χ0n) is 13.6. The number of amides is 3. The summed E-state index contributed by atoms with van der Waals surface area (Å²) in [5.41, 5.74) is -0.525. The van der Waals surface area contributed by atoms with Gasteiger partial charge in [-0.15, -0.1) is 11.6 Å². The van der Waals surface area contributed by atoms with Crippen LogP contribution in [-0.2, 0) is 14.3 Å². The van der Waals surface area contributed by atoms with Crippen molar-refractivity contribution in [2.24, 2.45) is 17.3 Å². The van der Waals surface area contributed by atoms with Gasteiger partial charge in [-0.25, -0.2) is 4.79 Å². The van der Waals surface area contributed by atoms with Gasteiger partial charge < -0.3 is 10.1 Å². The minimum Gasteiger partial charge on any atom is -0.455 e. The molecule has 6 nitrogen and oxygen atoms in total. The Morgan fingerprint density at radius 1 is 1.08 bits per heavy atom. The lowest BCUT2D eigenvalue weighted by atomic mass is 9.49. The first kappa shape index (κ1) is 16.2. The van der Waals surface area contributed by atoms with E-state index in [1.807, 2.05) is 0 Å². The summed E-state index contributed by atoms with van der Waals surface area (Å²) in [6.45, 7) is -0.413. The van der Waals surface area contributed by atoms with Crippen molar-refractivity contribution in [1.29, 1.82) is 0 Å². The number of imide groups is 1. The Morgan fingerprint density at radius 2 is 1.75 bits per heavy atom.